The third-order valence-corrected chi connectivity index (χ3v) is 1.48. The van der Waals surface area contributed by atoms with E-state index in [0.29, 0.717) is 5.56 Å². The first-order valence-corrected chi connectivity index (χ1v) is 3.66. The normalized spacial score (nSPS) is 9.85. The summed E-state index contributed by atoms with van der Waals surface area (Å²) < 4.78 is 0. The Morgan fingerprint density at radius 2 is 2.54 bits per heavy atom. The summed E-state index contributed by atoms with van der Waals surface area (Å²) in [5.41, 5.74) is 3.00. The molecule has 0 spiro atoms. The van der Waals surface area contributed by atoms with Gasteiger partial charge in [0.1, 0.15) is 0 Å². The van der Waals surface area contributed by atoms with Crippen molar-refractivity contribution >= 4 is 5.91 Å². The van der Waals surface area contributed by atoms with Crippen molar-refractivity contribution in [2.24, 2.45) is 0 Å². The van der Waals surface area contributed by atoms with Gasteiger partial charge >= 0.3 is 0 Å². The van der Waals surface area contributed by atoms with Crippen LogP contribution in [0.5, 0.6) is 0 Å². The molecule has 0 aliphatic carbocycles. The predicted octanol–water partition coefficient (Wildman–Crippen LogP) is -0.00990. The van der Waals surface area contributed by atoms with E-state index in [4.69, 9.17) is 0 Å². The molecule has 0 atom stereocenters. The summed E-state index contributed by atoms with van der Waals surface area (Å²) in [7, 11) is 0. The fraction of sp³-hybridized carbons (Fsp3) is 0. The molecule has 0 saturated heterocycles. The van der Waals surface area contributed by atoms with Crippen LogP contribution in [0.3, 0.4) is 0 Å². The second-order valence-corrected chi connectivity index (χ2v) is 2.38. The van der Waals surface area contributed by atoms with Crippen molar-refractivity contribution in [3.05, 3.63) is 36.4 Å². The number of rotatable bonds is 2. The Bertz CT molecular complexity index is 377. The molecule has 0 fully saturated rings. The molecule has 0 bridgehead atoms. The van der Waals surface area contributed by atoms with Crippen LogP contribution < -0.4 is 5.43 Å². The van der Waals surface area contributed by atoms with Crippen molar-refractivity contribution in [2.45, 2.75) is 0 Å². The molecule has 2 heterocycles. The van der Waals surface area contributed by atoms with E-state index in [1.54, 1.807) is 18.5 Å². The second kappa shape index (κ2) is 3.10. The van der Waals surface area contributed by atoms with Crippen LogP contribution >= 0.6 is 0 Å². The maximum absolute atomic E-state index is 11.3. The van der Waals surface area contributed by atoms with Gasteiger partial charge in [0.25, 0.3) is 5.91 Å². The lowest BCUT2D eigenvalue weighted by atomic mass is 10.3. The zero-order valence-corrected chi connectivity index (χ0v) is 6.64. The highest BCUT2D eigenvalue weighted by Crippen LogP contribution is 1.93. The average molecular weight is 177 g/mol. The van der Waals surface area contributed by atoms with E-state index in [1.165, 1.54) is 17.2 Å². The molecule has 6 nitrogen and oxygen atoms in total. The molecule has 2 aromatic rings. The first-order chi connectivity index (χ1) is 6.36. The number of aromatic nitrogens is 4. The lowest BCUT2D eigenvalue weighted by molar-refractivity contribution is 0.100. The average Bonchev–Trinajstić information content (AvgIpc) is 2.74. The maximum Gasteiger partial charge on any atom is 0.274 e. The number of carbonyl (C=O) groups is 1. The summed E-state index contributed by atoms with van der Waals surface area (Å²) in [6.07, 6.45) is 6.17. The summed E-state index contributed by atoms with van der Waals surface area (Å²) in [5, 5.41) is 10.0. The van der Waals surface area contributed by atoms with Crippen molar-refractivity contribution in [1.29, 1.82) is 0 Å². The zero-order chi connectivity index (χ0) is 9.10. The van der Waals surface area contributed by atoms with Gasteiger partial charge in [-0.25, -0.2) is 5.43 Å². The van der Waals surface area contributed by atoms with Gasteiger partial charge in [-0.15, -0.1) is 0 Å². The number of amides is 1. The highest BCUT2D eigenvalue weighted by Gasteiger charge is 2.05. The molecular formula is C7H7N5O. The van der Waals surface area contributed by atoms with Gasteiger partial charge in [0, 0.05) is 12.4 Å². The molecule has 0 aromatic carbocycles. The standard InChI is InChI=1S/C7H7N5O/c13-7(6-4-8-9-5-6)11-12-3-1-2-10-12/h1-5H,(H,8,9)(H,11,13). The molecule has 0 aliphatic rings. The van der Waals surface area contributed by atoms with Crippen LogP contribution in [-0.2, 0) is 0 Å². The van der Waals surface area contributed by atoms with E-state index in [-0.39, 0.29) is 5.91 Å². The van der Waals surface area contributed by atoms with Gasteiger partial charge in [-0.3, -0.25) is 9.89 Å². The molecule has 0 radical (unpaired) electrons. The number of carbonyl (C=O) groups excluding carboxylic acids is 1. The van der Waals surface area contributed by atoms with Crippen LogP contribution in [0.15, 0.2) is 30.9 Å². The third kappa shape index (κ3) is 1.56. The largest absolute Gasteiger partial charge is 0.285 e. The van der Waals surface area contributed by atoms with Gasteiger partial charge in [-0.05, 0) is 6.07 Å². The van der Waals surface area contributed by atoms with Crippen molar-refractivity contribution in [3.63, 3.8) is 0 Å². The van der Waals surface area contributed by atoms with Crippen LogP contribution in [0.2, 0.25) is 0 Å². The third-order valence-electron chi connectivity index (χ3n) is 1.48. The van der Waals surface area contributed by atoms with E-state index in [0.717, 1.165) is 0 Å². The molecule has 2 rings (SSSR count). The zero-order valence-electron chi connectivity index (χ0n) is 6.64. The van der Waals surface area contributed by atoms with Crippen LogP contribution in [0.4, 0.5) is 0 Å². The summed E-state index contributed by atoms with van der Waals surface area (Å²) in [6.45, 7) is 0. The van der Waals surface area contributed by atoms with Gasteiger partial charge in [-0.2, -0.15) is 15.0 Å². The van der Waals surface area contributed by atoms with Crippen LogP contribution in [0, 0.1) is 0 Å². The molecule has 13 heavy (non-hydrogen) atoms. The molecule has 6 heteroatoms. The summed E-state index contributed by atoms with van der Waals surface area (Å²) in [4.78, 5) is 12.7. The van der Waals surface area contributed by atoms with Crippen LogP contribution in [-0.4, -0.2) is 26.0 Å². The predicted molar refractivity (Wildman–Crippen MR) is 44.5 cm³/mol. The quantitative estimate of drug-likeness (QED) is 0.677. The number of hydrogen-bond acceptors (Lipinski definition) is 3. The summed E-state index contributed by atoms with van der Waals surface area (Å²) >= 11 is 0. The monoisotopic (exact) mass is 177 g/mol. The Morgan fingerprint density at radius 3 is 3.15 bits per heavy atom. The fourth-order valence-electron chi connectivity index (χ4n) is 0.879. The van der Waals surface area contributed by atoms with E-state index >= 15 is 0 Å². The van der Waals surface area contributed by atoms with Crippen molar-refractivity contribution < 1.29 is 4.79 Å². The Hall–Kier alpha value is -2.11. The molecule has 0 aliphatic heterocycles. The van der Waals surface area contributed by atoms with Gasteiger partial charge in [0.15, 0.2) is 0 Å². The Kier molecular flexibility index (Phi) is 1.79. The summed E-state index contributed by atoms with van der Waals surface area (Å²) in [6, 6.07) is 1.72. The van der Waals surface area contributed by atoms with Crippen molar-refractivity contribution in [1.82, 2.24) is 20.1 Å². The molecule has 0 unspecified atom stereocenters. The minimum Gasteiger partial charge on any atom is -0.285 e. The first kappa shape index (κ1) is 7.53. The number of aromatic amines is 1. The number of nitrogens with one attached hydrogen (secondary N) is 2. The van der Waals surface area contributed by atoms with Gasteiger partial charge in [0.2, 0.25) is 0 Å². The second-order valence-electron chi connectivity index (χ2n) is 2.38. The van der Waals surface area contributed by atoms with Crippen LogP contribution in [0.1, 0.15) is 10.4 Å². The molecule has 0 saturated carbocycles. The van der Waals surface area contributed by atoms with E-state index in [9.17, 15) is 4.79 Å². The Morgan fingerprint density at radius 1 is 1.62 bits per heavy atom. The minimum atomic E-state index is -0.252. The summed E-state index contributed by atoms with van der Waals surface area (Å²) in [5.74, 6) is -0.252. The van der Waals surface area contributed by atoms with Crippen molar-refractivity contribution in [3.8, 4) is 0 Å². The Labute approximate surface area is 73.5 Å². The lowest BCUT2D eigenvalue weighted by Crippen LogP contribution is -2.22. The topological polar surface area (TPSA) is 75.6 Å². The fourth-order valence-corrected chi connectivity index (χ4v) is 0.879. The molecule has 2 aromatic heterocycles. The minimum absolute atomic E-state index is 0.252. The maximum atomic E-state index is 11.3. The van der Waals surface area contributed by atoms with Gasteiger partial charge < -0.3 is 0 Å². The van der Waals surface area contributed by atoms with Gasteiger partial charge in [0.05, 0.1) is 18.0 Å². The molecular weight excluding hydrogens is 170 g/mol. The van der Waals surface area contributed by atoms with E-state index < -0.39 is 0 Å². The highest BCUT2D eigenvalue weighted by atomic mass is 16.2. The first-order valence-electron chi connectivity index (χ1n) is 3.66. The van der Waals surface area contributed by atoms with Crippen LogP contribution in [0.25, 0.3) is 0 Å². The molecule has 66 valence electrons. The SMILES string of the molecule is O=C(Nn1cccn1)c1cn[nH]c1. The van der Waals surface area contributed by atoms with E-state index in [2.05, 4.69) is 20.7 Å². The number of hydrogen-bond donors (Lipinski definition) is 2. The van der Waals surface area contributed by atoms with Crippen molar-refractivity contribution in [2.75, 3.05) is 5.43 Å². The van der Waals surface area contributed by atoms with E-state index in [1.807, 2.05) is 0 Å². The number of H-pyrrole nitrogens is 1. The molecule has 2 N–H and O–H groups in total. The molecule has 1 amide bonds. The number of nitrogens with zero attached hydrogens (tertiary/aromatic N) is 3. The lowest BCUT2D eigenvalue weighted by Gasteiger charge is -2.00. The van der Waals surface area contributed by atoms with Gasteiger partial charge in [-0.1, -0.05) is 0 Å². The smallest absolute Gasteiger partial charge is 0.274 e. The highest BCUT2D eigenvalue weighted by molar-refractivity contribution is 5.99. The Balaban J connectivity index is 2.08.